The number of ether oxygens (including phenoxy) is 1. The molecule has 2 aliphatic rings. The van der Waals surface area contributed by atoms with Crippen molar-refractivity contribution >= 4 is 11.6 Å². The van der Waals surface area contributed by atoms with Crippen molar-refractivity contribution in [1.29, 1.82) is 0 Å². The lowest BCUT2D eigenvalue weighted by atomic mass is 10.0. The van der Waals surface area contributed by atoms with Crippen molar-refractivity contribution in [3.05, 3.63) is 29.2 Å². The monoisotopic (exact) mass is 327 g/mol. The molecule has 2 heterocycles. The molecule has 5 heteroatoms. The van der Waals surface area contributed by atoms with Gasteiger partial charge >= 0.3 is 5.97 Å². The fourth-order valence-corrected chi connectivity index (χ4v) is 4.34. The van der Waals surface area contributed by atoms with Gasteiger partial charge in [-0.05, 0) is 43.6 Å². The molecule has 2 aromatic heterocycles. The first kappa shape index (κ1) is 15.6. The van der Waals surface area contributed by atoms with Crippen LogP contribution in [0.5, 0.6) is 0 Å². The Bertz CT molecular complexity index is 768. The van der Waals surface area contributed by atoms with E-state index in [2.05, 4.69) is 25.0 Å². The minimum atomic E-state index is -0.376. The number of fused-ring (bicyclic) bond motifs is 2. The highest BCUT2D eigenvalue weighted by atomic mass is 16.5. The quantitative estimate of drug-likeness (QED) is 0.798. The molecule has 2 fully saturated rings. The Balaban J connectivity index is 1.75. The van der Waals surface area contributed by atoms with Gasteiger partial charge in [0.25, 0.3) is 0 Å². The van der Waals surface area contributed by atoms with E-state index in [4.69, 9.17) is 9.72 Å². The second-order valence-electron chi connectivity index (χ2n) is 7.42. The van der Waals surface area contributed by atoms with Crippen molar-refractivity contribution in [2.75, 3.05) is 6.61 Å². The predicted molar refractivity (Wildman–Crippen MR) is 91.2 cm³/mol. The first-order valence-electron chi connectivity index (χ1n) is 9.18. The molecule has 0 amide bonds. The van der Waals surface area contributed by atoms with Gasteiger partial charge in [0.2, 0.25) is 0 Å². The van der Waals surface area contributed by atoms with E-state index in [1.54, 1.807) is 13.0 Å². The molecule has 2 unspecified atom stereocenters. The van der Waals surface area contributed by atoms with Crippen LogP contribution < -0.4 is 0 Å². The summed E-state index contributed by atoms with van der Waals surface area (Å²) in [6, 6.07) is 3.97. The topological polar surface area (TPSA) is 56.5 Å². The Labute approximate surface area is 142 Å². The fourth-order valence-electron chi connectivity index (χ4n) is 4.34. The maximum absolute atomic E-state index is 12.0. The van der Waals surface area contributed by atoms with Crippen molar-refractivity contribution in [1.82, 2.24) is 14.6 Å². The molecule has 5 nitrogen and oxygen atoms in total. The Hall–Kier alpha value is -1.91. The van der Waals surface area contributed by atoms with E-state index in [-0.39, 0.29) is 5.97 Å². The summed E-state index contributed by atoms with van der Waals surface area (Å²) in [6.07, 6.45) is 5.40. The fraction of sp³-hybridized carbons (Fsp3) is 0.632. The highest BCUT2D eigenvalue weighted by Crippen LogP contribution is 2.60. The zero-order valence-corrected chi connectivity index (χ0v) is 14.7. The molecule has 24 heavy (non-hydrogen) atoms. The summed E-state index contributed by atoms with van der Waals surface area (Å²) in [4.78, 5) is 16.9. The van der Waals surface area contributed by atoms with E-state index >= 15 is 0 Å². The highest BCUT2D eigenvalue weighted by molar-refractivity contribution is 5.88. The molecule has 128 valence electrons. The Morgan fingerprint density at radius 3 is 2.62 bits per heavy atom. The van der Waals surface area contributed by atoms with E-state index in [1.807, 2.05) is 4.52 Å². The molecular formula is C19H25N3O2. The maximum atomic E-state index is 12.0. The number of carbonyl (C=O) groups excluding carboxylic acids is 1. The molecule has 0 aromatic carbocycles. The summed E-state index contributed by atoms with van der Waals surface area (Å²) >= 11 is 0. The summed E-state index contributed by atoms with van der Waals surface area (Å²) < 4.78 is 6.89. The van der Waals surface area contributed by atoms with Gasteiger partial charge in [0.15, 0.2) is 11.3 Å². The lowest BCUT2D eigenvalue weighted by Crippen LogP contribution is -2.08. The summed E-state index contributed by atoms with van der Waals surface area (Å²) in [5.74, 6) is 2.20. The van der Waals surface area contributed by atoms with Crippen LogP contribution >= 0.6 is 0 Å². The largest absolute Gasteiger partial charge is 0.461 e. The molecule has 0 spiro atoms. The molecule has 0 radical (unpaired) electrons. The zero-order chi connectivity index (χ0) is 16.8. The molecule has 2 aromatic rings. The Kier molecular flexibility index (Phi) is 3.82. The number of carbonyl (C=O) groups is 1. The normalized spacial score (nSPS) is 25.8. The van der Waals surface area contributed by atoms with E-state index in [1.165, 1.54) is 31.4 Å². The second-order valence-corrected chi connectivity index (χ2v) is 7.42. The second kappa shape index (κ2) is 5.87. The van der Waals surface area contributed by atoms with Crippen LogP contribution in [0, 0.1) is 11.8 Å². The molecule has 4 rings (SSSR count). The van der Waals surface area contributed by atoms with Crippen LogP contribution in [0.4, 0.5) is 0 Å². The number of hydrogen-bond acceptors (Lipinski definition) is 4. The molecule has 0 saturated heterocycles. The van der Waals surface area contributed by atoms with Gasteiger partial charge in [-0.1, -0.05) is 26.7 Å². The Morgan fingerprint density at radius 1 is 1.29 bits per heavy atom. The van der Waals surface area contributed by atoms with Crippen molar-refractivity contribution in [2.45, 2.75) is 58.3 Å². The third-order valence-electron chi connectivity index (χ3n) is 5.55. The van der Waals surface area contributed by atoms with Crippen molar-refractivity contribution in [3.63, 3.8) is 0 Å². The van der Waals surface area contributed by atoms with E-state index < -0.39 is 0 Å². The molecule has 2 atom stereocenters. The minimum Gasteiger partial charge on any atom is -0.461 e. The Morgan fingerprint density at radius 2 is 2.00 bits per heavy atom. The van der Waals surface area contributed by atoms with Crippen LogP contribution in [-0.4, -0.2) is 27.2 Å². The van der Waals surface area contributed by atoms with Crippen LogP contribution in [0.25, 0.3) is 5.65 Å². The molecule has 2 aliphatic carbocycles. The van der Waals surface area contributed by atoms with Crippen LogP contribution in [0.2, 0.25) is 0 Å². The van der Waals surface area contributed by atoms with Gasteiger partial charge in [-0.3, -0.25) is 0 Å². The van der Waals surface area contributed by atoms with Gasteiger partial charge in [0.1, 0.15) is 0 Å². The smallest absolute Gasteiger partial charge is 0.358 e. The number of esters is 1. The van der Waals surface area contributed by atoms with Gasteiger partial charge in [-0.25, -0.2) is 14.3 Å². The molecular weight excluding hydrogens is 302 g/mol. The van der Waals surface area contributed by atoms with Crippen LogP contribution in [0.3, 0.4) is 0 Å². The number of aromatic nitrogens is 3. The molecule has 0 bridgehead atoms. The zero-order valence-electron chi connectivity index (χ0n) is 14.7. The van der Waals surface area contributed by atoms with Gasteiger partial charge in [0, 0.05) is 23.4 Å². The highest BCUT2D eigenvalue weighted by Gasteiger charge is 2.52. The molecule has 0 aliphatic heterocycles. The van der Waals surface area contributed by atoms with Crippen LogP contribution in [0.15, 0.2) is 12.1 Å². The van der Waals surface area contributed by atoms with E-state index in [0.29, 0.717) is 24.1 Å². The van der Waals surface area contributed by atoms with Gasteiger partial charge < -0.3 is 4.74 Å². The SMILES string of the molecule is CCOC(=O)c1cc2nc(C3C4CCCCC43)cc(C(C)C)n2n1. The van der Waals surface area contributed by atoms with Crippen molar-refractivity contribution < 1.29 is 9.53 Å². The summed E-state index contributed by atoms with van der Waals surface area (Å²) in [5, 5.41) is 4.44. The van der Waals surface area contributed by atoms with Crippen molar-refractivity contribution in [2.24, 2.45) is 11.8 Å². The third kappa shape index (κ3) is 2.50. The first-order valence-corrected chi connectivity index (χ1v) is 9.18. The van der Waals surface area contributed by atoms with Crippen molar-refractivity contribution in [3.8, 4) is 0 Å². The summed E-state index contributed by atoms with van der Waals surface area (Å²) in [6.45, 7) is 6.47. The maximum Gasteiger partial charge on any atom is 0.358 e. The molecule has 0 N–H and O–H groups in total. The summed E-state index contributed by atoms with van der Waals surface area (Å²) in [7, 11) is 0. The predicted octanol–water partition coefficient (Wildman–Crippen LogP) is 3.93. The van der Waals surface area contributed by atoms with Gasteiger partial charge in [-0.2, -0.15) is 5.10 Å². The number of rotatable bonds is 4. The van der Waals surface area contributed by atoms with Gasteiger partial charge in [0.05, 0.1) is 6.61 Å². The van der Waals surface area contributed by atoms with Crippen LogP contribution in [0.1, 0.15) is 80.2 Å². The van der Waals surface area contributed by atoms with Crippen LogP contribution in [-0.2, 0) is 4.74 Å². The lowest BCUT2D eigenvalue weighted by Gasteiger charge is -2.10. The third-order valence-corrected chi connectivity index (χ3v) is 5.55. The van der Waals surface area contributed by atoms with Gasteiger partial charge in [-0.15, -0.1) is 0 Å². The minimum absolute atomic E-state index is 0.324. The molecule has 2 saturated carbocycles. The lowest BCUT2D eigenvalue weighted by molar-refractivity contribution is 0.0519. The average Bonchev–Trinajstić information content (AvgIpc) is 3.14. The number of nitrogens with zero attached hydrogens (tertiary/aromatic N) is 3. The van der Waals surface area contributed by atoms with E-state index in [9.17, 15) is 4.79 Å². The first-order chi connectivity index (χ1) is 11.6. The summed E-state index contributed by atoms with van der Waals surface area (Å²) in [5.41, 5.74) is 3.42. The number of hydrogen-bond donors (Lipinski definition) is 0. The standard InChI is InChI=1S/C19H25N3O2/c1-4-24-19(23)15-10-17-20-14(9-16(11(2)3)22(17)21-15)18-12-7-5-6-8-13(12)18/h9-13,18H,4-8H2,1-3H3. The average molecular weight is 327 g/mol. The van der Waals surface area contributed by atoms with E-state index in [0.717, 1.165) is 23.2 Å².